The zero-order valence-electron chi connectivity index (χ0n) is 12.7. The molecule has 0 bridgehead atoms. The number of nitrogens with zero attached hydrogens (tertiary/aromatic N) is 2. The van der Waals surface area contributed by atoms with Crippen molar-refractivity contribution in [2.45, 2.75) is 6.92 Å². The molecule has 0 atom stereocenters. The third-order valence-electron chi connectivity index (χ3n) is 3.31. The molecule has 0 saturated heterocycles. The van der Waals surface area contributed by atoms with E-state index in [1.165, 1.54) is 0 Å². The molecule has 0 unspecified atom stereocenters. The number of rotatable bonds is 4. The molecule has 0 fully saturated rings. The molecule has 2 N–H and O–H groups in total. The van der Waals surface area contributed by atoms with Crippen molar-refractivity contribution in [1.29, 1.82) is 0 Å². The van der Waals surface area contributed by atoms with Crippen LogP contribution in [-0.4, -0.2) is 22.1 Å². The molecule has 0 aliphatic carbocycles. The number of benzene rings is 2. The fourth-order valence-corrected chi connectivity index (χ4v) is 2.18. The van der Waals surface area contributed by atoms with Gasteiger partial charge in [-0.25, -0.2) is 10.4 Å². The molecule has 0 saturated carbocycles. The van der Waals surface area contributed by atoms with E-state index >= 15 is 0 Å². The normalized spacial score (nSPS) is 12.0. The maximum atomic E-state index is 12.1. The smallest absolute Gasteiger partial charge is 0.271 e. The van der Waals surface area contributed by atoms with Gasteiger partial charge in [0.25, 0.3) is 5.91 Å². The van der Waals surface area contributed by atoms with Crippen LogP contribution in [0.4, 0.5) is 0 Å². The van der Waals surface area contributed by atoms with Crippen molar-refractivity contribution in [3.8, 4) is 0 Å². The van der Waals surface area contributed by atoms with Crippen LogP contribution in [0.1, 0.15) is 22.8 Å². The van der Waals surface area contributed by atoms with Crippen LogP contribution in [0.5, 0.6) is 0 Å². The zero-order chi connectivity index (χ0) is 16.1. The largest absolute Gasteiger partial charge is 0.345 e. The van der Waals surface area contributed by atoms with Gasteiger partial charge in [0.15, 0.2) is 0 Å². The number of amides is 1. The van der Waals surface area contributed by atoms with Crippen LogP contribution in [0.15, 0.2) is 65.5 Å². The zero-order valence-corrected chi connectivity index (χ0v) is 12.7. The summed E-state index contributed by atoms with van der Waals surface area (Å²) < 4.78 is 0. The van der Waals surface area contributed by atoms with E-state index in [4.69, 9.17) is 0 Å². The van der Waals surface area contributed by atoms with Crippen LogP contribution in [0.2, 0.25) is 0 Å². The monoisotopic (exact) mass is 304 g/mol. The minimum Gasteiger partial charge on any atom is -0.345 e. The number of hydrogen-bond acceptors (Lipinski definition) is 3. The van der Waals surface area contributed by atoms with E-state index in [0.29, 0.717) is 5.56 Å². The summed E-state index contributed by atoms with van der Waals surface area (Å²) in [5.41, 5.74) is 6.74. The number of aromatic nitrogens is 2. The molecule has 3 aromatic rings. The first kappa shape index (κ1) is 14.7. The van der Waals surface area contributed by atoms with Gasteiger partial charge in [-0.15, -0.1) is 0 Å². The van der Waals surface area contributed by atoms with E-state index in [1.54, 1.807) is 30.7 Å². The maximum absolute atomic E-state index is 12.1. The summed E-state index contributed by atoms with van der Waals surface area (Å²) in [6, 6.07) is 15.2. The van der Waals surface area contributed by atoms with Crippen molar-refractivity contribution in [1.82, 2.24) is 15.4 Å². The Bertz CT molecular complexity index is 878. The van der Waals surface area contributed by atoms with Gasteiger partial charge in [-0.1, -0.05) is 36.4 Å². The second-order valence-electron chi connectivity index (χ2n) is 5.13. The highest BCUT2D eigenvalue weighted by Gasteiger charge is 2.05. The molecule has 1 aromatic heterocycles. The average molecular weight is 304 g/mol. The average Bonchev–Trinajstić information content (AvgIpc) is 3.03. The number of nitrogens with one attached hydrogen (secondary N) is 2. The SMILES string of the molecule is CC(/C=N\NC(=O)c1ccc2nc[nH]c2c1)=C/c1ccccc1. The number of H-pyrrole nitrogens is 1. The lowest BCUT2D eigenvalue weighted by Crippen LogP contribution is -2.17. The lowest BCUT2D eigenvalue weighted by atomic mass is 10.1. The summed E-state index contributed by atoms with van der Waals surface area (Å²) >= 11 is 0. The second kappa shape index (κ2) is 6.70. The Balaban J connectivity index is 1.65. The summed E-state index contributed by atoms with van der Waals surface area (Å²) in [4.78, 5) is 19.2. The molecule has 0 spiro atoms. The number of allylic oxidation sites excluding steroid dienone is 1. The van der Waals surface area contributed by atoms with E-state index in [0.717, 1.165) is 22.2 Å². The number of carbonyl (C=O) groups excluding carboxylic acids is 1. The van der Waals surface area contributed by atoms with Crippen molar-refractivity contribution < 1.29 is 4.79 Å². The van der Waals surface area contributed by atoms with Crippen LogP contribution in [0, 0.1) is 0 Å². The molecular weight excluding hydrogens is 288 g/mol. The number of hydrazone groups is 1. The molecule has 3 rings (SSSR count). The molecule has 23 heavy (non-hydrogen) atoms. The van der Waals surface area contributed by atoms with Gasteiger partial charge < -0.3 is 4.98 Å². The van der Waals surface area contributed by atoms with E-state index in [2.05, 4.69) is 20.5 Å². The Kier molecular flexibility index (Phi) is 4.29. The Hall–Kier alpha value is -3.21. The third kappa shape index (κ3) is 3.71. The van der Waals surface area contributed by atoms with E-state index < -0.39 is 0 Å². The highest BCUT2D eigenvalue weighted by Crippen LogP contribution is 2.11. The minimum atomic E-state index is -0.259. The molecule has 1 amide bonds. The molecule has 5 nitrogen and oxygen atoms in total. The van der Waals surface area contributed by atoms with E-state index in [1.807, 2.05) is 43.3 Å². The number of hydrogen-bond donors (Lipinski definition) is 2. The van der Waals surface area contributed by atoms with Gasteiger partial charge in [0.05, 0.1) is 23.6 Å². The predicted molar refractivity (Wildman–Crippen MR) is 92.1 cm³/mol. The summed E-state index contributed by atoms with van der Waals surface area (Å²) in [5, 5.41) is 3.99. The number of carbonyl (C=O) groups is 1. The third-order valence-corrected chi connectivity index (χ3v) is 3.31. The summed E-state index contributed by atoms with van der Waals surface area (Å²) in [7, 11) is 0. The summed E-state index contributed by atoms with van der Waals surface area (Å²) in [6.45, 7) is 1.93. The number of imidazole rings is 1. The van der Waals surface area contributed by atoms with E-state index in [9.17, 15) is 4.79 Å². The van der Waals surface area contributed by atoms with Gasteiger partial charge in [-0.05, 0) is 36.3 Å². The Morgan fingerprint density at radius 2 is 2.04 bits per heavy atom. The molecule has 0 aliphatic heterocycles. The molecule has 0 aliphatic rings. The standard InChI is InChI=1S/C18H16N4O/c1-13(9-14-5-3-2-4-6-14)11-21-22-18(23)15-7-8-16-17(10-15)20-12-19-16/h2-12H,1H3,(H,19,20)(H,22,23)/b13-9-,21-11-. The highest BCUT2D eigenvalue weighted by atomic mass is 16.2. The van der Waals surface area contributed by atoms with Crippen LogP contribution in [0.3, 0.4) is 0 Å². The first-order chi connectivity index (χ1) is 11.2. The van der Waals surface area contributed by atoms with Gasteiger partial charge >= 0.3 is 0 Å². The number of aromatic amines is 1. The summed E-state index contributed by atoms with van der Waals surface area (Å²) in [5.74, 6) is -0.259. The topological polar surface area (TPSA) is 70.1 Å². The first-order valence-corrected chi connectivity index (χ1v) is 7.22. The lowest BCUT2D eigenvalue weighted by Gasteiger charge is -2.00. The van der Waals surface area contributed by atoms with Crippen molar-refractivity contribution in [3.05, 3.63) is 71.6 Å². The first-order valence-electron chi connectivity index (χ1n) is 7.22. The molecule has 114 valence electrons. The molecule has 1 heterocycles. The maximum Gasteiger partial charge on any atom is 0.271 e. The van der Waals surface area contributed by atoms with Crippen molar-refractivity contribution in [2.75, 3.05) is 0 Å². The molecule has 5 heteroatoms. The van der Waals surface area contributed by atoms with Gasteiger partial charge in [0.1, 0.15) is 0 Å². The Labute approximate surface area is 133 Å². The quantitative estimate of drug-likeness (QED) is 0.573. The highest BCUT2D eigenvalue weighted by molar-refractivity contribution is 5.97. The van der Waals surface area contributed by atoms with E-state index in [-0.39, 0.29) is 5.91 Å². The van der Waals surface area contributed by atoms with Crippen molar-refractivity contribution in [3.63, 3.8) is 0 Å². The minimum absolute atomic E-state index is 0.259. The van der Waals surface area contributed by atoms with Crippen LogP contribution < -0.4 is 5.43 Å². The molecule has 0 radical (unpaired) electrons. The Morgan fingerprint density at radius 1 is 1.22 bits per heavy atom. The fourth-order valence-electron chi connectivity index (χ4n) is 2.18. The molecule has 2 aromatic carbocycles. The van der Waals surface area contributed by atoms with Crippen LogP contribution in [-0.2, 0) is 0 Å². The van der Waals surface area contributed by atoms with Gasteiger partial charge in [-0.2, -0.15) is 5.10 Å². The van der Waals surface area contributed by atoms with Crippen LogP contribution in [0.25, 0.3) is 17.1 Å². The Morgan fingerprint density at radius 3 is 2.87 bits per heavy atom. The summed E-state index contributed by atoms with van der Waals surface area (Å²) in [6.07, 6.45) is 5.22. The predicted octanol–water partition coefficient (Wildman–Crippen LogP) is 3.38. The number of fused-ring (bicyclic) bond motifs is 1. The lowest BCUT2D eigenvalue weighted by molar-refractivity contribution is 0.0955. The second-order valence-corrected chi connectivity index (χ2v) is 5.13. The van der Waals surface area contributed by atoms with Crippen molar-refractivity contribution in [2.24, 2.45) is 5.10 Å². The van der Waals surface area contributed by atoms with Crippen molar-refractivity contribution >= 4 is 29.2 Å². The van der Waals surface area contributed by atoms with Gasteiger partial charge in [-0.3, -0.25) is 4.79 Å². The fraction of sp³-hybridized carbons (Fsp3) is 0.0556. The van der Waals surface area contributed by atoms with Gasteiger partial charge in [0, 0.05) is 5.56 Å². The van der Waals surface area contributed by atoms with Crippen LogP contribution >= 0.6 is 0 Å². The van der Waals surface area contributed by atoms with Gasteiger partial charge in [0.2, 0.25) is 0 Å². The molecular formula is C18H16N4O.